The number of para-hydroxylation sites is 1. The van der Waals surface area contributed by atoms with Crippen LogP contribution in [0.4, 0.5) is 13.2 Å². The first-order chi connectivity index (χ1) is 12.2. The molecule has 0 saturated heterocycles. The molecule has 0 unspecified atom stereocenters. The minimum Gasteiger partial charge on any atom is -0.456 e. The molecule has 0 radical (unpaired) electrons. The zero-order valence-corrected chi connectivity index (χ0v) is 14.5. The Bertz CT molecular complexity index is 898. The van der Waals surface area contributed by atoms with Gasteiger partial charge < -0.3 is 9.26 Å². The maximum absolute atomic E-state index is 13.6. The summed E-state index contributed by atoms with van der Waals surface area (Å²) >= 11 is 0. The zero-order chi connectivity index (χ0) is 18.9. The fraction of sp³-hybridized carbons (Fsp3) is 0.263. The molecule has 0 fully saturated rings. The van der Waals surface area contributed by atoms with Gasteiger partial charge in [0.15, 0.2) is 0 Å². The van der Waals surface area contributed by atoms with Crippen molar-refractivity contribution in [3.05, 3.63) is 60.0 Å². The second-order valence-electron chi connectivity index (χ2n) is 6.81. The van der Waals surface area contributed by atoms with Crippen molar-refractivity contribution in [3.8, 4) is 22.9 Å². The van der Waals surface area contributed by atoms with E-state index in [0.29, 0.717) is 5.75 Å². The molecule has 1 aromatic heterocycles. The van der Waals surface area contributed by atoms with Gasteiger partial charge in [-0.1, -0.05) is 44.1 Å². The summed E-state index contributed by atoms with van der Waals surface area (Å²) in [5.74, 6) is 0.191. The molecule has 4 nitrogen and oxygen atoms in total. The summed E-state index contributed by atoms with van der Waals surface area (Å²) in [4.78, 5) is 3.78. The molecular weight excluding hydrogens is 345 g/mol. The normalized spacial score (nSPS) is 12.2. The van der Waals surface area contributed by atoms with Crippen molar-refractivity contribution in [1.82, 2.24) is 10.1 Å². The Kier molecular flexibility index (Phi) is 4.48. The van der Waals surface area contributed by atoms with Crippen molar-refractivity contribution < 1.29 is 22.4 Å². The number of alkyl halides is 3. The summed E-state index contributed by atoms with van der Waals surface area (Å²) in [5.41, 5.74) is -0.166. The van der Waals surface area contributed by atoms with Crippen molar-refractivity contribution in [2.45, 2.75) is 32.4 Å². The lowest BCUT2D eigenvalue weighted by molar-refractivity contribution is -0.138. The van der Waals surface area contributed by atoms with Crippen LogP contribution in [0.25, 0.3) is 11.4 Å². The summed E-state index contributed by atoms with van der Waals surface area (Å²) < 4.78 is 51.0. The summed E-state index contributed by atoms with van der Waals surface area (Å²) in [6, 6.07) is 10.8. The van der Waals surface area contributed by atoms with E-state index in [4.69, 9.17) is 4.74 Å². The number of hydrogen-bond donors (Lipinski definition) is 0. The third kappa shape index (κ3) is 3.71. The van der Waals surface area contributed by atoms with Gasteiger partial charge in [0.25, 0.3) is 0 Å². The van der Waals surface area contributed by atoms with E-state index in [2.05, 4.69) is 14.7 Å². The van der Waals surface area contributed by atoms with E-state index in [1.165, 1.54) is 12.1 Å². The van der Waals surface area contributed by atoms with Crippen LogP contribution >= 0.6 is 0 Å². The number of ether oxygens (including phenoxy) is 1. The van der Waals surface area contributed by atoms with Crippen molar-refractivity contribution in [2.75, 3.05) is 0 Å². The number of rotatable bonds is 3. The molecule has 3 aromatic rings. The maximum Gasteiger partial charge on any atom is 0.420 e. The molecule has 0 spiro atoms. The van der Waals surface area contributed by atoms with Gasteiger partial charge in [-0.15, -0.1) is 0 Å². The molecule has 0 aliphatic heterocycles. The Labute approximate surface area is 148 Å². The van der Waals surface area contributed by atoms with Crippen molar-refractivity contribution in [2.24, 2.45) is 0 Å². The molecule has 3 rings (SSSR count). The second-order valence-corrected chi connectivity index (χ2v) is 6.81. The molecule has 136 valence electrons. The molecule has 0 N–H and O–H groups in total. The number of halogens is 3. The number of benzene rings is 2. The van der Waals surface area contributed by atoms with Crippen molar-refractivity contribution in [3.63, 3.8) is 0 Å². The number of hydrogen-bond acceptors (Lipinski definition) is 4. The Balaban J connectivity index is 2.06. The molecule has 0 bridgehead atoms. The fourth-order valence-corrected chi connectivity index (χ4v) is 2.57. The summed E-state index contributed by atoms with van der Waals surface area (Å²) in [6.07, 6.45) is -3.53. The molecule has 0 amide bonds. The summed E-state index contributed by atoms with van der Waals surface area (Å²) in [6.45, 7) is 5.91. The van der Waals surface area contributed by atoms with E-state index in [-0.39, 0.29) is 22.6 Å². The monoisotopic (exact) mass is 362 g/mol. The highest BCUT2D eigenvalue weighted by Crippen LogP contribution is 2.42. The molecule has 0 aliphatic carbocycles. The third-order valence-electron chi connectivity index (χ3n) is 3.82. The lowest BCUT2D eigenvalue weighted by Crippen LogP contribution is -2.13. The first-order valence-electron chi connectivity index (χ1n) is 7.91. The molecule has 1 heterocycles. The van der Waals surface area contributed by atoms with Gasteiger partial charge in [-0.3, -0.25) is 0 Å². The van der Waals surface area contributed by atoms with Gasteiger partial charge in [0, 0.05) is 11.1 Å². The van der Waals surface area contributed by atoms with E-state index in [1.54, 1.807) is 12.1 Å². The average Bonchev–Trinajstić information content (AvgIpc) is 3.08. The van der Waals surface area contributed by atoms with Crippen LogP contribution in [0.2, 0.25) is 0 Å². The van der Waals surface area contributed by atoms with Gasteiger partial charge >= 0.3 is 6.18 Å². The Morgan fingerprint density at radius 1 is 0.923 bits per heavy atom. The summed E-state index contributed by atoms with van der Waals surface area (Å²) in [5, 5.41) is 3.58. The Hall–Kier alpha value is -2.83. The van der Waals surface area contributed by atoms with E-state index in [1.807, 2.05) is 32.9 Å². The van der Waals surface area contributed by atoms with Crippen LogP contribution < -0.4 is 4.74 Å². The Morgan fingerprint density at radius 3 is 2.23 bits per heavy atom. The topological polar surface area (TPSA) is 48.2 Å². The van der Waals surface area contributed by atoms with Crippen LogP contribution in [0.3, 0.4) is 0 Å². The van der Waals surface area contributed by atoms with Crippen LogP contribution in [0.15, 0.2) is 53.4 Å². The molecule has 7 heteroatoms. The second kappa shape index (κ2) is 6.48. The van der Waals surface area contributed by atoms with Crippen molar-refractivity contribution in [1.29, 1.82) is 0 Å². The standard InChI is InChI=1S/C19H17F3N2O2/c1-18(2,3)13-6-4-5-7-15(13)26-16-9-8-12(17-23-11-25-24-17)10-14(16)19(20,21)22/h4-11H,1-3H3. The average molecular weight is 362 g/mol. The number of nitrogens with zero attached hydrogens (tertiary/aromatic N) is 2. The van der Waals surface area contributed by atoms with Crippen LogP contribution in [0.5, 0.6) is 11.5 Å². The number of aromatic nitrogens is 2. The quantitative estimate of drug-likeness (QED) is 0.587. The van der Waals surface area contributed by atoms with Gasteiger partial charge in [-0.2, -0.15) is 18.2 Å². The molecular formula is C19H17F3N2O2. The highest BCUT2D eigenvalue weighted by atomic mass is 19.4. The largest absolute Gasteiger partial charge is 0.456 e. The smallest absolute Gasteiger partial charge is 0.420 e. The third-order valence-corrected chi connectivity index (χ3v) is 3.82. The van der Waals surface area contributed by atoms with Crippen molar-refractivity contribution >= 4 is 0 Å². The van der Waals surface area contributed by atoms with Gasteiger partial charge in [0.05, 0.1) is 5.56 Å². The SMILES string of the molecule is CC(C)(C)c1ccccc1Oc1ccc(-c2ncon2)cc1C(F)(F)F. The van der Waals surface area contributed by atoms with Gasteiger partial charge in [0.1, 0.15) is 11.5 Å². The predicted molar refractivity (Wildman–Crippen MR) is 90.0 cm³/mol. The minimum atomic E-state index is -4.59. The van der Waals surface area contributed by atoms with Gasteiger partial charge in [-0.05, 0) is 29.7 Å². The molecule has 26 heavy (non-hydrogen) atoms. The maximum atomic E-state index is 13.6. The first-order valence-corrected chi connectivity index (χ1v) is 7.91. The highest BCUT2D eigenvalue weighted by molar-refractivity contribution is 5.59. The highest BCUT2D eigenvalue weighted by Gasteiger charge is 2.35. The summed E-state index contributed by atoms with van der Waals surface area (Å²) in [7, 11) is 0. The first kappa shape index (κ1) is 18.0. The van der Waals surface area contributed by atoms with Gasteiger partial charge in [0.2, 0.25) is 12.2 Å². The predicted octanol–water partition coefficient (Wildman–Crippen LogP) is 5.85. The van der Waals surface area contributed by atoms with E-state index >= 15 is 0 Å². The lowest BCUT2D eigenvalue weighted by atomic mass is 9.86. The molecule has 2 aromatic carbocycles. The molecule has 0 saturated carbocycles. The Morgan fingerprint density at radius 2 is 1.62 bits per heavy atom. The van der Waals surface area contributed by atoms with Crippen LogP contribution in [-0.2, 0) is 11.6 Å². The van der Waals surface area contributed by atoms with E-state index in [9.17, 15) is 13.2 Å². The van der Waals surface area contributed by atoms with Crippen LogP contribution in [0, 0.1) is 0 Å². The zero-order valence-electron chi connectivity index (χ0n) is 14.5. The minimum absolute atomic E-state index is 0.0807. The van der Waals surface area contributed by atoms with E-state index in [0.717, 1.165) is 18.0 Å². The molecule has 0 atom stereocenters. The lowest BCUT2D eigenvalue weighted by Gasteiger charge is -2.23. The van der Waals surface area contributed by atoms with Crippen LogP contribution in [0.1, 0.15) is 31.9 Å². The molecule has 0 aliphatic rings. The van der Waals surface area contributed by atoms with Gasteiger partial charge in [-0.25, -0.2) is 0 Å². The fourth-order valence-electron chi connectivity index (χ4n) is 2.57. The van der Waals surface area contributed by atoms with E-state index < -0.39 is 11.7 Å². The van der Waals surface area contributed by atoms with Crippen LogP contribution in [-0.4, -0.2) is 10.1 Å².